The molecular formula is C13H11Cl2N. The van der Waals surface area contributed by atoms with Crippen LogP contribution in [-0.2, 0) is 6.54 Å². The molecule has 0 spiro atoms. The molecule has 0 aliphatic rings. The van der Waals surface area contributed by atoms with Gasteiger partial charge in [0.2, 0.25) is 0 Å². The minimum Gasteiger partial charge on any atom is -0.380 e. The minimum atomic E-state index is 0.569. The molecule has 0 unspecified atom stereocenters. The molecule has 16 heavy (non-hydrogen) atoms. The predicted octanol–water partition coefficient (Wildman–Crippen LogP) is 4.61. The van der Waals surface area contributed by atoms with Gasteiger partial charge < -0.3 is 5.32 Å². The molecule has 1 nitrogen and oxygen atoms in total. The summed E-state index contributed by atoms with van der Waals surface area (Å²) < 4.78 is 0. The highest BCUT2D eigenvalue weighted by Gasteiger charge is 2.03. The second kappa shape index (κ2) is 5.24. The normalized spacial score (nSPS) is 10.1. The fourth-order valence-electron chi connectivity index (χ4n) is 1.43. The van der Waals surface area contributed by atoms with Crippen LogP contribution >= 0.6 is 23.2 Å². The molecule has 2 rings (SSSR count). The Hall–Kier alpha value is -1.18. The Morgan fingerprint density at radius 2 is 1.62 bits per heavy atom. The lowest BCUT2D eigenvalue weighted by Gasteiger charge is -2.09. The van der Waals surface area contributed by atoms with Crippen molar-refractivity contribution in [3.8, 4) is 0 Å². The smallest absolute Gasteiger partial charge is 0.0823 e. The van der Waals surface area contributed by atoms with E-state index in [1.54, 1.807) is 6.07 Å². The molecule has 2 aromatic rings. The summed E-state index contributed by atoms with van der Waals surface area (Å²) in [5.74, 6) is 0. The van der Waals surface area contributed by atoms with Crippen LogP contribution in [-0.4, -0.2) is 0 Å². The Kier molecular flexibility index (Phi) is 3.70. The van der Waals surface area contributed by atoms with Crippen LogP contribution in [0.25, 0.3) is 0 Å². The van der Waals surface area contributed by atoms with Crippen LogP contribution in [0.1, 0.15) is 5.56 Å². The molecule has 2 aromatic carbocycles. The first-order valence-electron chi connectivity index (χ1n) is 4.99. The molecular weight excluding hydrogens is 241 g/mol. The summed E-state index contributed by atoms with van der Waals surface area (Å²) in [6.45, 7) is 0.737. The Morgan fingerprint density at radius 3 is 2.38 bits per heavy atom. The van der Waals surface area contributed by atoms with Gasteiger partial charge in [-0.15, -0.1) is 0 Å². The van der Waals surface area contributed by atoms with E-state index in [0.717, 1.165) is 12.2 Å². The van der Waals surface area contributed by atoms with E-state index in [1.165, 1.54) is 5.56 Å². The number of halogens is 2. The zero-order valence-electron chi connectivity index (χ0n) is 8.58. The van der Waals surface area contributed by atoms with E-state index >= 15 is 0 Å². The molecule has 0 bridgehead atoms. The summed E-state index contributed by atoms with van der Waals surface area (Å²) >= 11 is 12.0. The molecule has 0 heterocycles. The maximum atomic E-state index is 6.07. The van der Waals surface area contributed by atoms with Crippen molar-refractivity contribution in [1.82, 2.24) is 0 Å². The molecule has 0 aromatic heterocycles. The van der Waals surface area contributed by atoms with E-state index in [0.29, 0.717) is 10.0 Å². The number of benzene rings is 2. The third-order valence-electron chi connectivity index (χ3n) is 2.28. The highest BCUT2D eigenvalue weighted by atomic mass is 35.5. The van der Waals surface area contributed by atoms with Gasteiger partial charge in [-0.3, -0.25) is 0 Å². The Morgan fingerprint density at radius 1 is 0.875 bits per heavy atom. The van der Waals surface area contributed by atoms with Crippen LogP contribution in [0.15, 0.2) is 48.5 Å². The maximum absolute atomic E-state index is 6.07. The van der Waals surface area contributed by atoms with E-state index < -0.39 is 0 Å². The first-order valence-corrected chi connectivity index (χ1v) is 5.75. The second-order valence-corrected chi connectivity index (χ2v) is 4.23. The van der Waals surface area contributed by atoms with Crippen molar-refractivity contribution in [2.24, 2.45) is 0 Å². The first-order chi connectivity index (χ1) is 7.77. The molecule has 0 saturated heterocycles. The number of hydrogen-bond donors (Lipinski definition) is 1. The number of rotatable bonds is 3. The SMILES string of the molecule is Clc1cccc(NCc2ccccc2)c1Cl. The summed E-state index contributed by atoms with van der Waals surface area (Å²) in [6, 6.07) is 15.7. The molecule has 3 heteroatoms. The second-order valence-electron chi connectivity index (χ2n) is 3.44. The van der Waals surface area contributed by atoms with Crippen LogP contribution < -0.4 is 5.32 Å². The lowest BCUT2D eigenvalue weighted by molar-refractivity contribution is 1.15. The summed E-state index contributed by atoms with van der Waals surface area (Å²) in [5, 5.41) is 4.39. The van der Waals surface area contributed by atoms with Crippen molar-refractivity contribution in [1.29, 1.82) is 0 Å². The van der Waals surface area contributed by atoms with Crippen LogP contribution in [0.2, 0.25) is 10.0 Å². The van der Waals surface area contributed by atoms with Crippen molar-refractivity contribution < 1.29 is 0 Å². The number of hydrogen-bond acceptors (Lipinski definition) is 1. The summed E-state index contributed by atoms with van der Waals surface area (Å²) in [4.78, 5) is 0. The topological polar surface area (TPSA) is 12.0 Å². The molecule has 0 fully saturated rings. The van der Waals surface area contributed by atoms with Gasteiger partial charge in [-0.25, -0.2) is 0 Å². The largest absolute Gasteiger partial charge is 0.380 e. The maximum Gasteiger partial charge on any atom is 0.0823 e. The van der Waals surface area contributed by atoms with Gasteiger partial charge in [0, 0.05) is 6.54 Å². The molecule has 0 radical (unpaired) electrons. The summed E-state index contributed by atoms with van der Waals surface area (Å²) in [5.41, 5.74) is 2.07. The highest BCUT2D eigenvalue weighted by Crippen LogP contribution is 2.29. The predicted molar refractivity (Wildman–Crippen MR) is 70.2 cm³/mol. The Balaban J connectivity index is 2.08. The van der Waals surface area contributed by atoms with Gasteiger partial charge in [-0.05, 0) is 17.7 Å². The van der Waals surface area contributed by atoms with Crippen molar-refractivity contribution in [2.45, 2.75) is 6.54 Å². The average molecular weight is 252 g/mol. The fraction of sp³-hybridized carbons (Fsp3) is 0.0769. The van der Waals surface area contributed by atoms with Gasteiger partial charge >= 0.3 is 0 Å². The molecule has 0 amide bonds. The van der Waals surface area contributed by atoms with Crippen LogP contribution in [0.4, 0.5) is 5.69 Å². The van der Waals surface area contributed by atoms with Crippen molar-refractivity contribution in [3.05, 3.63) is 64.1 Å². The standard InChI is InChI=1S/C13H11Cl2N/c14-11-7-4-8-12(13(11)15)16-9-10-5-2-1-3-6-10/h1-8,16H,9H2. The first kappa shape index (κ1) is 11.3. The minimum absolute atomic E-state index is 0.569. The Labute approximate surface area is 105 Å². The van der Waals surface area contributed by atoms with Gasteiger partial charge in [-0.1, -0.05) is 59.6 Å². The van der Waals surface area contributed by atoms with E-state index in [-0.39, 0.29) is 0 Å². The van der Waals surface area contributed by atoms with Gasteiger partial charge in [0.05, 0.1) is 15.7 Å². The van der Waals surface area contributed by atoms with Gasteiger partial charge in [0.1, 0.15) is 0 Å². The average Bonchev–Trinajstić information content (AvgIpc) is 2.32. The van der Waals surface area contributed by atoms with E-state index in [4.69, 9.17) is 23.2 Å². The summed E-state index contributed by atoms with van der Waals surface area (Å²) in [6.07, 6.45) is 0. The van der Waals surface area contributed by atoms with E-state index in [2.05, 4.69) is 17.4 Å². The molecule has 0 aliphatic carbocycles. The summed E-state index contributed by atoms with van der Waals surface area (Å²) in [7, 11) is 0. The third-order valence-corrected chi connectivity index (χ3v) is 3.10. The van der Waals surface area contributed by atoms with Gasteiger partial charge in [-0.2, -0.15) is 0 Å². The number of nitrogens with one attached hydrogen (secondary N) is 1. The van der Waals surface area contributed by atoms with Crippen LogP contribution in [0.3, 0.4) is 0 Å². The van der Waals surface area contributed by atoms with Crippen LogP contribution in [0.5, 0.6) is 0 Å². The lowest BCUT2D eigenvalue weighted by Crippen LogP contribution is -1.99. The van der Waals surface area contributed by atoms with Crippen molar-refractivity contribution in [2.75, 3.05) is 5.32 Å². The molecule has 1 N–H and O–H groups in total. The zero-order valence-corrected chi connectivity index (χ0v) is 10.1. The van der Waals surface area contributed by atoms with Crippen molar-refractivity contribution in [3.63, 3.8) is 0 Å². The molecule has 0 aliphatic heterocycles. The van der Waals surface area contributed by atoms with Crippen molar-refractivity contribution >= 4 is 28.9 Å². The molecule has 82 valence electrons. The van der Waals surface area contributed by atoms with Gasteiger partial charge in [0.25, 0.3) is 0 Å². The third kappa shape index (κ3) is 2.69. The molecule has 0 atom stereocenters. The quantitative estimate of drug-likeness (QED) is 0.841. The monoisotopic (exact) mass is 251 g/mol. The Bertz CT molecular complexity index is 469. The fourth-order valence-corrected chi connectivity index (χ4v) is 1.80. The lowest BCUT2D eigenvalue weighted by atomic mass is 10.2. The zero-order chi connectivity index (χ0) is 11.4. The van der Waals surface area contributed by atoms with Crippen LogP contribution in [0, 0.1) is 0 Å². The number of anilines is 1. The van der Waals surface area contributed by atoms with E-state index in [9.17, 15) is 0 Å². The van der Waals surface area contributed by atoms with Gasteiger partial charge in [0.15, 0.2) is 0 Å². The molecule has 0 saturated carbocycles. The highest BCUT2D eigenvalue weighted by molar-refractivity contribution is 6.43. The van der Waals surface area contributed by atoms with E-state index in [1.807, 2.05) is 30.3 Å².